The molecule has 0 amide bonds. The number of benzene rings is 4. The van der Waals surface area contributed by atoms with Crippen LogP contribution in [-0.2, 0) is 12.5 Å². The van der Waals surface area contributed by atoms with Crippen molar-refractivity contribution in [1.29, 1.82) is 0 Å². The van der Waals surface area contributed by atoms with Gasteiger partial charge in [0.2, 0.25) is 5.69 Å². The zero-order chi connectivity index (χ0) is 30.4. The second kappa shape index (κ2) is 8.78. The van der Waals surface area contributed by atoms with Crippen molar-refractivity contribution in [2.24, 2.45) is 7.05 Å². The van der Waals surface area contributed by atoms with Crippen molar-refractivity contribution < 1.29 is 20.5 Å². The van der Waals surface area contributed by atoms with Gasteiger partial charge in [-0.15, -0.1) is 0 Å². The molecule has 0 aliphatic rings. The van der Waals surface area contributed by atoms with Gasteiger partial charge in [-0.25, -0.2) is 13.8 Å². The molecule has 200 valence electrons. The number of para-hydroxylation sites is 1. The monoisotopic (exact) mass is 541 g/mol. The zero-order valence-corrected chi connectivity index (χ0v) is 23.4. The molecule has 0 N–H and O–H groups in total. The van der Waals surface area contributed by atoms with Crippen LogP contribution in [0, 0.1) is 19.3 Å². The van der Waals surface area contributed by atoms with Crippen molar-refractivity contribution in [3.63, 3.8) is 0 Å². The third kappa shape index (κ3) is 3.75. The van der Waals surface area contributed by atoms with Crippen LogP contribution in [0.3, 0.4) is 0 Å². The Morgan fingerprint density at radius 3 is 2.44 bits per heavy atom. The van der Waals surface area contributed by atoms with Crippen LogP contribution < -0.4 is 4.57 Å². The summed E-state index contributed by atoms with van der Waals surface area (Å²) in [4.78, 5) is 3.80. The van der Waals surface area contributed by atoms with Crippen LogP contribution in [-0.4, -0.2) is 0 Å². The minimum absolute atomic E-state index is 0.00480. The highest BCUT2D eigenvalue weighted by atomic mass is 19.1. The Labute approximate surface area is 239 Å². The fourth-order valence-corrected chi connectivity index (χ4v) is 5.78. The number of hydrogen-bond donors (Lipinski definition) is 0. The number of halogens is 1. The number of fused-ring (bicyclic) bond motifs is 6. The zero-order valence-electron chi connectivity index (χ0n) is 25.4. The van der Waals surface area contributed by atoms with Crippen LogP contribution in [0.1, 0.15) is 34.6 Å². The molecule has 4 aromatic carbocycles. The van der Waals surface area contributed by atoms with Crippen LogP contribution in [0.25, 0.3) is 71.1 Å². The van der Waals surface area contributed by atoms with Gasteiger partial charge in [0.1, 0.15) is 36.6 Å². The van der Waals surface area contributed by atoms with Crippen molar-refractivity contribution >= 4 is 49.6 Å². The second-order valence-electron chi connectivity index (χ2n) is 11.6. The van der Waals surface area contributed by atoms with Crippen LogP contribution in [0.4, 0.5) is 10.1 Å². The van der Waals surface area contributed by atoms with E-state index in [1.165, 1.54) is 0 Å². The van der Waals surface area contributed by atoms with Gasteiger partial charge in [-0.3, -0.25) is 0 Å². The van der Waals surface area contributed by atoms with Gasteiger partial charge in [-0.05, 0) is 41.7 Å². The molecule has 0 fully saturated rings. The van der Waals surface area contributed by atoms with E-state index in [1.54, 1.807) is 17.7 Å². The number of aromatic nitrogens is 1. The number of nitrogens with zero attached hydrogens (tertiary/aromatic N) is 2. The lowest BCUT2D eigenvalue weighted by atomic mass is 9.87. The molecule has 4 nitrogen and oxygen atoms in total. The maximum Gasteiger partial charge on any atom is 0.219 e. The summed E-state index contributed by atoms with van der Waals surface area (Å²) in [5.74, 6) is -0.709. The van der Waals surface area contributed by atoms with E-state index in [2.05, 4.69) is 4.85 Å². The van der Waals surface area contributed by atoms with Crippen molar-refractivity contribution in [1.82, 2.24) is 0 Å². The van der Waals surface area contributed by atoms with Gasteiger partial charge in [-0.2, -0.15) is 0 Å². The maximum atomic E-state index is 15.8. The number of pyridine rings is 1. The molecular weight excluding hydrogens is 511 g/mol. The Morgan fingerprint density at radius 2 is 1.66 bits per heavy atom. The lowest BCUT2D eigenvalue weighted by molar-refractivity contribution is -0.661. The molecule has 0 bridgehead atoms. The molecule has 0 atom stereocenters. The van der Waals surface area contributed by atoms with Crippen molar-refractivity contribution in [2.45, 2.75) is 33.1 Å². The molecule has 41 heavy (non-hydrogen) atoms. The number of hydrogen-bond acceptors (Lipinski definition) is 2. The average Bonchev–Trinajstić information content (AvgIpc) is 3.54. The minimum Gasteiger partial charge on any atom is -0.456 e. The lowest BCUT2D eigenvalue weighted by Crippen LogP contribution is -2.34. The third-order valence-electron chi connectivity index (χ3n) is 7.83. The lowest BCUT2D eigenvalue weighted by Gasteiger charge is -2.18. The van der Waals surface area contributed by atoms with Gasteiger partial charge in [0.15, 0.2) is 11.9 Å². The molecule has 0 unspecified atom stereocenters. The Morgan fingerprint density at radius 1 is 0.902 bits per heavy atom. The minimum atomic E-state index is -0.709. The molecule has 7 aromatic rings. The molecule has 0 saturated heterocycles. The third-order valence-corrected chi connectivity index (χ3v) is 7.83. The molecule has 0 aliphatic carbocycles. The highest BCUT2D eigenvalue weighted by Crippen LogP contribution is 2.45. The first-order valence-electron chi connectivity index (χ1n) is 14.5. The summed E-state index contributed by atoms with van der Waals surface area (Å²) in [6, 6.07) is 21.1. The van der Waals surface area contributed by atoms with E-state index >= 15 is 4.39 Å². The predicted octanol–water partition coefficient (Wildman–Crippen LogP) is 9.94. The SMILES string of the molecule is [2H]c1c(F)c(C(C)(C)C)c([2H])[n+](C)c1-c1c(C)ccc2c1oc1c(-c3ccc4c(c3)oc3ccccc34)ccc([N+]#[C-])c12. The smallest absolute Gasteiger partial charge is 0.219 e. The Kier molecular flexibility index (Phi) is 4.89. The molecular formula is C36H28FN2O2+. The average molecular weight is 542 g/mol. The number of rotatable bonds is 2. The van der Waals surface area contributed by atoms with E-state index in [4.69, 9.17) is 18.1 Å². The molecule has 3 heterocycles. The quantitative estimate of drug-likeness (QED) is 0.161. The first-order valence-corrected chi connectivity index (χ1v) is 13.5. The molecule has 0 spiro atoms. The van der Waals surface area contributed by atoms with E-state index in [1.807, 2.05) is 88.4 Å². The van der Waals surface area contributed by atoms with Crippen LogP contribution in [0.5, 0.6) is 0 Å². The molecule has 5 heteroatoms. The van der Waals surface area contributed by atoms with Gasteiger partial charge < -0.3 is 8.83 Å². The largest absolute Gasteiger partial charge is 0.456 e. The Hall–Kier alpha value is -4.95. The molecule has 7 rings (SSSR count). The number of furan rings is 2. The standard InChI is InChI=1S/C36H28FN2O2/c1-20-11-13-25-33-28(38-5)16-15-22(21-12-14-24-23-9-7-8-10-30(23)40-31(24)17-21)34(33)41-35(25)32(20)29-18-27(37)26(19-39(29)6)36(2,3)4/h7-19H,1-4,6H3/q+1/i18D,19D. The summed E-state index contributed by atoms with van der Waals surface area (Å²) in [5, 5.41) is 3.40. The summed E-state index contributed by atoms with van der Waals surface area (Å²) in [6.45, 7) is 15.3. The van der Waals surface area contributed by atoms with Gasteiger partial charge >= 0.3 is 0 Å². The maximum absolute atomic E-state index is 15.8. The van der Waals surface area contributed by atoms with Crippen molar-refractivity contribution in [3.8, 4) is 22.4 Å². The number of aryl methyl sites for hydroxylation is 1. The highest BCUT2D eigenvalue weighted by Gasteiger charge is 2.28. The summed E-state index contributed by atoms with van der Waals surface area (Å²) in [7, 11) is 1.68. The highest BCUT2D eigenvalue weighted by molar-refractivity contribution is 6.18. The molecule has 0 saturated carbocycles. The summed E-state index contributed by atoms with van der Waals surface area (Å²) >= 11 is 0. The van der Waals surface area contributed by atoms with E-state index < -0.39 is 11.2 Å². The van der Waals surface area contributed by atoms with Crippen molar-refractivity contribution in [3.05, 3.63) is 107 Å². The van der Waals surface area contributed by atoms with Crippen LogP contribution >= 0.6 is 0 Å². The summed E-state index contributed by atoms with van der Waals surface area (Å²) in [6.07, 6.45) is 0.00480. The summed E-state index contributed by atoms with van der Waals surface area (Å²) < 4.78 is 47.9. The second-order valence-corrected chi connectivity index (χ2v) is 11.6. The fourth-order valence-electron chi connectivity index (χ4n) is 5.78. The van der Waals surface area contributed by atoms with E-state index in [0.29, 0.717) is 33.2 Å². The van der Waals surface area contributed by atoms with E-state index in [9.17, 15) is 0 Å². The van der Waals surface area contributed by atoms with Gasteiger partial charge in [0.05, 0.1) is 19.1 Å². The van der Waals surface area contributed by atoms with Gasteiger partial charge in [-0.1, -0.05) is 69.3 Å². The van der Waals surface area contributed by atoms with E-state index in [-0.39, 0.29) is 23.5 Å². The molecule has 0 aliphatic heterocycles. The van der Waals surface area contributed by atoms with E-state index in [0.717, 1.165) is 38.6 Å². The predicted molar refractivity (Wildman–Crippen MR) is 163 cm³/mol. The Balaban J connectivity index is 1.55. The van der Waals surface area contributed by atoms with Crippen molar-refractivity contribution in [2.75, 3.05) is 0 Å². The van der Waals surface area contributed by atoms with Gasteiger partial charge in [0, 0.05) is 33.2 Å². The summed E-state index contributed by atoms with van der Waals surface area (Å²) in [5.41, 5.74) is 5.71. The van der Waals surface area contributed by atoms with Crippen LogP contribution in [0.2, 0.25) is 0 Å². The normalized spacial score (nSPS) is 12.8. The fraction of sp³-hybridized carbons (Fsp3) is 0.167. The van der Waals surface area contributed by atoms with Gasteiger partial charge in [0.25, 0.3) is 0 Å². The van der Waals surface area contributed by atoms with Crippen LogP contribution in [0.15, 0.2) is 87.8 Å². The topological polar surface area (TPSA) is 34.5 Å². The molecule has 3 aromatic heterocycles. The first-order chi connectivity index (χ1) is 20.5. The Bertz CT molecular complexity index is 2320. The molecule has 0 radical (unpaired) electrons. The first kappa shape index (κ1) is 22.8.